The lowest BCUT2D eigenvalue weighted by Gasteiger charge is -2.35. The Morgan fingerprint density at radius 2 is 1.19 bits per heavy atom. The number of aldehydes is 1. The predicted octanol–water partition coefficient (Wildman–Crippen LogP) is 11.6. The number of likely N-dealkylation sites (tertiary alicyclic amines) is 2. The number of aliphatic hydroxyl groups is 1. The molecular weight excluding hydrogens is 812 g/mol. The van der Waals surface area contributed by atoms with Crippen molar-refractivity contribution in [2.75, 3.05) is 40.3 Å². The summed E-state index contributed by atoms with van der Waals surface area (Å²) in [6, 6.07) is 20.9. The number of rotatable bonds is 9. The van der Waals surface area contributed by atoms with E-state index in [1.54, 1.807) is 6.33 Å². The molecule has 62 heavy (non-hydrogen) atoms. The number of benzene rings is 2. The molecule has 2 saturated heterocycles. The first-order valence-electron chi connectivity index (χ1n) is 21.5. The zero-order valence-corrected chi connectivity index (χ0v) is 36.5. The number of fused-ring (bicyclic) bond motifs is 4. The predicted molar refractivity (Wildman–Crippen MR) is 257 cm³/mol. The third-order valence-electron chi connectivity index (χ3n) is 13.1. The van der Waals surface area contributed by atoms with Crippen molar-refractivity contribution >= 4 is 52.8 Å². The summed E-state index contributed by atoms with van der Waals surface area (Å²) < 4.78 is 1.87. The number of aromatic nitrogens is 4. The van der Waals surface area contributed by atoms with Gasteiger partial charge in [-0.1, -0.05) is 74.5 Å². The van der Waals surface area contributed by atoms with Crippen LogP contribution in [0.1, 0.15) is 135 Å². The number of aryl methyl sites for hydroxylation is 1. The van der Waals surface area contributed by atoms with Gasteiger partial charge in [0.2, 0.25) is 0 Å². The van der Waals surface area contributed by atoms with E-state index in [2.05, 4.69) is 77.4 Å². The van der Waals surface area contributed by atoms with Gasteiger partial charge in [-0.3, -0.25) is 9.97 Å². The fourth-order valence-electron chi connectivity index (χ4n) is 9.96. The van der Waals surface area contributed by atoms with Gasteiger partial charge in [-0.25, -0.2) is 4.98 Å². The molecule has 5 aromatic rings. The van der Waals surface area contributed by atoms with E-state index in [0.29, 0.717) is 30.4 Å². The summed E-state index contributed by atoms with van der Waals surface area (Å²) in [6.45, 7) is 4.47. The van der Waals surface area contributed by atoms with E-state index in [9.17, 15) is 9.90 Å². The first-order chi connectivity index (χ1) is 29.2. The lowest BCUT2D eigenvalue weighted by Crippen LogP contribution is -2.33. The van der Waals surface area contributed by atoms with Crippen molar-refractivity contribution in [3.63, 3.8) is 0 Å². The lowest BCUT2D eigenvalue weighted by molar-refractivity contribution is -0.107. The van der Waals surface area contributed by atoms with Crippen LogP contribution in [0.4, 0.5) is 0 Å². The van der Waals surface area contributed by atoms with Crippen molar-refractivity contribution in [2.45, 2.75) is 84.2 Å². The summed E-state index contributed by atoms with van der Waals surface area (Å²) >= 11 is 12.8. The van der Waals surface area contributed by atoms with Crippen LogP contribution >= 0.6 is 23.2 Å². The molecule has 5 heterocycles. The number of piperidine rings is 2. The van der Waals surface area contributed by atoms with Gasteiger partial charge in [0.15, 0.2) is 0 Å². The highest BCUT2D eigenvalue weighted by atomic mass is 35.5. The smallest absolute Gasteiger partial charge is 0.120 e. The summed E-state index contributed by atoms with van der Waals surface area (Å²) in [4.78, 5) is 30.0. The molecule has 3 unspecified atom stereocenters. The second-order valence-electron chi connectivity index (χ2n) is 17.2. The molecule has 10 heteroatoms. The minimum absolute atomic E-state index is 0. The summed E-state index contributed by atoms with van der Waals surface area (Å²) in [6.07, 6.45) is 19.6. The van der Waals surface area contributed by atoms with Crippen molar-refractivity contribution in [3.8, 4) is 0 Å². The number of allylic oxidation sites excluding steroid dienone is 2. The minimum Gasteiger partial charge on any atom is -0.387 e. The monoisotopic (exact) mass is 874 g/mol. The van der Waals surface area contributed by atoms with E-state index in [-0.39, 0.29) is 26.7 Å². The molecule has 8 nitrogen and oxygen atoms in total. The van der Waals surface area contributed by atoms with Crippen LogP contribution in [0.5, 0.6) is 0 Å². The molecule has 1 N–H and O–H groups in total. The molecule has 0 radical (unpaired) electrons. The number of nitrogens with zero attached hydrogens (tertiary/aromatic N) is 6. The zero-order chi connectivity index (χ0) is 41.8. The summed E-state index contributed by atoms with van der Waals surface area (Å²) in [5, 5.41) is 12.3. The van der Waals surface area contributed by atoms with Gasteiger partial charge in [0.1, 0.15) is 6.29 Å². The van der Waals surface area contributed by atoms with Gasteiger partial charge in [0.25, 0.3) is 0 Å². The van der Waals surface area contributed by atoms with Crippen molar-refractivity contribution < 1.29 is 9.90 Å². The molecule has 3 atom stereocenters. The number of pyridine rings is 2. The number of carbonyl (C=O) groups is 1. The number of imidazole rings is 1. The Bertz CT molecular complexity index is 2360. The molecule has 0 spiro atoms. The molecule has 3 aromatic heterocycles. The largest absolute Gasteiger partial charge is 0.387 e. The van der Waals surface area contributed by atoms with Gasteiger partial charge < -0.3 is 24.3 Å². The van der Waals surface area contributed by atoms with Crippen molar-refractivity contribution in [2.24, 2.45) is 18.9 Å². The molecule has 2 fully saturated rings. The maximum atomic E-state index is 11.0. The Hall–Kier alpha value is -4.44. The number of hydrogen-bond donors (Lipinski definition) is 1. The van der Waals surface area contributed by atoms with Crippen molar-refractivity contribution in [1.29, 1.82) is 0 Å². The number of aliphatic hydroxyl groups excluding tert-OH is 1. The zero-order valence-electron chi connectivity index (χ0n) is 35.0. The van der Waals surface area contributed by atoms with Gasteiger partial charge in [-0.15, -0.1) is 0 Å². The van der Waals surface area contributed by atoms with E-state index in [0.717, 1.165) is 79.6 Å². The molecule has 2 aliphatic heterocycles. The molecule has 2 aliphatic carbocycles. The Kier molecular flexibility index (Phi) is 16.2. The van der Waals surface area contributed by atoms with Crippen LogP contribution in [0.15, 0.2) is 85.6 Å². The molecule has 4 aliphatic rings. The molecular formula is C52H64Cl2N6O2. The maximum Gasteiger partial charge on any atom is 0.120 e. The summed E-state index contributed by atoms with van der Waals surface area (Å²) in [5.41, 5.74) is 12.8. The first-order valence-corrected chi connectivity index (χ1v) is 22.3. The Balaban J connectivity index is 0.000000204. The Labute approximate surface area is 379 Å². The van der Waals surface area contributed by atoms with E-state index in [4.69, 9.17) is 33.2 Å². The summed E-state index contributed by atoms with van der Waals surface area (Å²) in [7, 11) is 6.32. The van der Waals surface area contributed by atoms with E-state index >= 15 is 0 Å². The standard InChI is InChI=1S/C27H31ClN4O.C23H25ClN2O.2CH4/c1-31-12-9-18(10-13-31)26-22-7-6-21(28)15-20(22)14-19(23-4-3-11-29-27(23)26)5-8-25(33)24-16-32(2)17-30-24;1-26-11-8-16(9-12-26)22-20-7-6-19(24)15-18(20)14-17(4-3-13-27)21-5-2-10-25-23(21)22;;/h3-4,6-7,11,14-18,25-26,33H,5,8-10,12-13H2,1-2H3;2,5-7,10,13-16,22H,3-4,8-9,11-12H2,1H3;2*1H4. The number of halogens is 2. The highest BCUT2D eigenvalue weighted by molar-refractivity contribution is 6.31. The van der Waals surface area contributed by atoms with Crippen LogP contribution in [0, 0.1) is 11.8 Å². The number of hydrogen-bond acceptors (Lipinski definition) is 7. The van der Waals surface area contributed by atoms with Crippen LogP contribution in [0.3, 0.4) is 0 Å². The fourth-order valence-corrected chi connectivity index (χ4v) is 10.3. The topological polar surface area (TPSA) is 87.4 Å². The van der Waals surface area contributed by atoms with Crippen LogP contribution in [-0.2, 0) is 11.8 Å². The molecule has 0 bridgehead atoms. The quantitative estimate of drug-likeness (QED) is 0.148. The van der Waals surface area contributed by atoms with E-state index < -0.39 is 6.10 Å². The molecule has 0 amide bonds. The Morgan fingerprint density at radius 3 is 1.65 bits per heavy atom. The van der Waals surface area contributed by atoms with E-state index in [1.807, 2.05) is 54.5 Å². The third kappa shape index (κ3) is 10.5. The van der Waals surface area contributed by atoms with Crippen molar-refractivity contribution in [1.82, 2.24) is 29.3 Å². The lowest BCUT2D eigenvalue weighted by atomic mass is 9.76. The van der Waals surface area contributed by atoms with Crippen LogP contribution < -0.4 is 0 Å². The van der Waals surface area contributed by atoms with Crippen molar-refractivity contribution in [3.05, 3.63) is 146 Å². The number of carbonyl (C=O) groups excluding carboxylic acids is 1. The second-order valence-corrected chi connectivity index (χ2v) is 18.1. The average molecular weight is 876 g/mol. The first kappa shape index (κ1) is 47.0. The normalized spacial score (nSPS) is 19.5. The minimum atomic E-state index is -0.598. The Morgan fingerprint density at radius 1 is 0.710 bits per heavy atom. The van der Waals surface area contributed by atoms with E-state index in [1.165, 1.54) is 57.4 Å². The van der Waals surface area contributed by atoms with Gasteiger partial charge in [-0.2, -0.15) is 0 Å². The molecule has 328 valence electrons. The molecule has 9 rings (SSSR count). The van der Waals surface area contributed by atoms with Gasteiger partial charge in [-0.05, 0) is 178 Å². The molecule has 0 saturated carbocycles. The highest BCUT2D eigenvalue weighted by Crippen LogP contribution is 2.47. The molecule has 2 aromatic carbocycles. The van der Waals surface area contributed by atoms with Crippen LogP contribution in [0.25, 0.3) is 23.3 Å². The van der Waals surface area contributed by atoms with Gasteiger partial charge in [0, 0.05) is 53.9 Å². The summed E-state index contributed by atoms with van der Waals surface area (Å²) in [5.74, 6) is 1.62. The van der Waals surface area contributed by atoms with Crippen LogP contribution in [-0.4, -0.2) is 81.0 Å². The van der Waals surface area contributed by atoms with Crippen LogP contribution in [0.2, 0.25) is 10.0 Å². The fraction of sp³-hybridized carbons (Fsp3) is 0.423. The maximum absolute atomic E-state index is 11.0. The highest BCUT2D eigenvalue weighted by Gasteiger charge is 2.35. The SMILES string of the molecule is C.C.CN1CCC(C2c3ccc(Cl)cc3C=C(CCC(O)c3cn(C)cn3)c3cccnc32)CC1.CN1CCC(C2c3ccc(Cl)cc3C=C(CCC=O)c3cccnc32)CC1. The van der Waals surface area contributed by atoms with Gasteiger partial charge >= 0.3 is 0 Å². The second kappa shape index (κ2) is 21.3. The third-order valence-corrected chi connectivity index (χ3v) is 13.6. The average Bonchev–Trinajstić information content (AvgIpc) is 3.58. The van der Waals surface area contributed by atoms with Gasteiger partial charge in [0.05, 0.1) is 29.5 Å².